The summed E-state index contributed by atoms with van der Waals surface area (Å²) in [6.45, 7) is -0.164. The highest BCUT2D eigenvalue weighted by Crippen LogP contribution is 2.21. The largest absolute Gasteiger partial charge is 0.468 e. The Kier molecular flexibility index (Phi) is 6.63. The molecule has 132 valence electrons. The number of alkyl halides is 3. The van der Waals surface area contributed by atoms with Crippen LogP contribution in [0, 0.1) is 0 Å². The summed E-state index contributed by atoms with van der Waals surface area (Å²) in [6, 6.07) is 2.15. The maximum atomic E-state index is 12.4. The van der Waals surface area contributed by atoms with E-state index in [1.807, 2.05) is 0 Å². The Bertz CT molecular complexity index is 604. The second-order valence-electron chi connectivity index (χ2n) is 4.90. The number of halogens is 4. The van der Waals surface area contributed by atoms with E-state index >= 15 is 0 Å². The molecule has 0 radical (unpaired) electrons. The van der Waals surface area contributed by atoms with Gasteiger partial charge in [-0.3, -0.25) is 0 Å². The Hall–Kier alpha value is -1.10. The molecule has 1 unspecified atom stereocenters. The van der Waals surface area contributed by atoms with Gasteiger partial charge >= 0.3 is 6.18 Å². The van der Waals surface area contributed by atoms with E-state index in [9.17, 15) is 21.6 Å². The molecule has 0 aromatic carbocycles. The van der Waals surface area contributed by atoms with Crippen LogP contribution >= 0.6 is 12.4 Å². The van der Waals surface area contributed by atoms with E-state index in [1.165, 1.54) is 17.4 Å². The minimum absolute atomic E-state index is 0. The zero-order valence-corrected chi connectivity index (χ0v) is 13.8. The smallest absolute Gasteiger partial charge is 0.422 e. The topological polar surface area (TPSA) is 71.5 Å². The average molecular weight is 376 g/mol. The molecule has 0 spiro atoms. The molecule has 6 nitrogen and oxygen atoms in total. The van der Waals surface area contributed by atoms with Gasteiger partial charge < -0.3 is 10.1 Å². The first-order valence-electron chi connectivity index (χ1n) is 6.54. The van der Waals surface area contributed by atoms with Gasteiger partial charge in [-0.2, -0.15) is 17.5 Å². The van der Waals surface area contributed by atoms with E-state index in [1.54, 1.807) is 0 Å². The van der Waals surface area contributed by atoms with Crippen molar-refractivity contribution in [2.75, 3.05) is 26.7 Å². The number of hydrogen-bond acceptors (Lipinski definition) is 5. The van der Waals surface area contributed by atoms with Gasteiger partial charge in [0.25, 0.3) is 0 Å². The molecule has 1 aliphatic rings. The number of sulfonamides is 1. The maximum Gasteiger partial charge on any atom is 0.422 e. The van der Waals surface area contributed by atoms with E-state index in [0.29, 0.717) is 13.0 Å². The fourth-order valence-electron chi connectivity index (χ4n) is 2.07. The van der Waals surface area contributed by atoms with Crippen LogP contribution in [0.2, 0.25) is 0 Å². The highest BCUT2D eigenvalue weighted by molar-refractivity contribution is 7.89. The number of likely N-dealkylation sites (N-methyl/N-ethyl adjacent to an activating group) is 1. The molecule has 1 N–H and O–H groups in total. The van der Waals surface area contributed by atoms with Gasteiger partial charge in [0.1, 0.15) is 4.90 Å². The second-order valence-corrected chi connectivity index (χ2v) is 6.90. The average Bonchev–Trinajstić information content (AvgIpc) is 2.98. The van der Waals surface area contributed by atoms with Crippen molar-refractivity contribution < 1.29 is 26.3 Å². The van der Waals surface area contributed by atoms with Gasteiger partial charge in [0.05, 0.1) is 6.20 Å². The van der Waals surface area contributed by atoms with Crippen LogP contribution in [-0.2, 0) is 10.0 Å². The van der Waals surface area contributed by atoms with Gasteiger partial charge in [-0.25, -0.2) is 13.4 Å². The van der Waals surface area contributed by atoms with Crippen molar-refractivity contribution in [2.45, 2.75) is 23.5 Å². The van der Waals surface area contributed by atoms with Crippen molar-refractivity contribution >= 4 is 22.4 Å². The van der Waals surface area contributed by atoms with Gasteiger partial charge in [0, 0.05) is 25.7 Å². The minimum Gasteiger partial charge on any atom is -0.468 e. The number of hydrogen-bond donors (Lipinski definition) is 1. The molecule has 2 rings (SSSR count). The molecule has 0 amide bonds. The number of aromatic nitrogens is 1. The molecule has 1 atom stereocenters. The number of nitrogens with zero attached hydrogens (tertiary/aromatic N) is 2. The zero-order chi connectivity index (χ0) is 16.4. The Morgan fingerprint density at radius 2 is 2.13 bits per heavy atom. The molecule has 0 aliphatic carbocycles. The van der Waals surface area contributed by atoms with Crippen molar-refractivity contribution in [2.24, 2.45) is 0 Å². The van der Waals surface area contributed by atoms with E-state index < -0.39 is 22.8 Å². The monoisotopic (exact) mass is 375 g/mol. The van der Waals surface area contributed by atoms with E-state index in [-0.39, 0.29) is 29.2 Å². The van der Waals surface area contributed by atoms with Crippen molar-refractivity contribution in [3.8, 4) is 5.88 Å². The van der Waals surface area contributed by atoms with Crippen molar-refractivity contribution in [1.29, 1.82) is 0 Å². The molecule has 1 saturated heterocycles. The second kappa shape index (κ2) is 7.65. The Balaban J connectivity index is 0.00000264. The molecule has 2 heterocycles. The lowest BCUT2D eigenvalue weighted by atomic mass is 10.3. The van der Waals surface area contributed by atoms with Gasteiger partial charge in [-0.15, -0.1) is 12.4 Å². The molecule has 1 aromatic heterocycles. The fourth-order valence-corrected chi connectivity index (χ4v) is 3.40. The lowest BCUT2D eigenvalue weighted by Crippen LogP contribution is -2.38. The van der Waals surface area contributed by atoms with Crippen LogP contribution in [0.25, 0.3) is 0 Å². The van der Waals surface area contributed by atoms with E-state index in [2.05, 4.69) is 15.0 Å². The standard InChI is InChI=1S/C12H16F3N3O3S.ClH/c1-18(9-4-5-16-6-9)22(19,20)10-2-3-11(17-7-10)21-8-12(13,14)15;/h2-3,7,9,16H,4-6,8H2,1H3;1H. The summed E-state index contributed by atoms with van der Waals surface area (Å²) in [5.41, 5.74) is 0. The summed E-state index contributed by atoms with van der Waals surface area (Å²) < 4.78 is 66.5. The first-order chi connectivity index (χ1) is 10.2. The third kappa shape index (κ3) is 5.20. The predicted molar refractivity (Wildman–Crippen MR) is 79.3 cm³/mol. The number of rotatable bonds is 5. The summed E-state index contributed by atoms with van der Waals surface area (Å²) in [5.74, 6) is -0.276. The van der Waals surface area contributed by atoms with Crippen LogP contribution in [-0.4, -0.2) is 56.7 Å². The molecule has 0 bridgehead atoms. The third-order valence-corrected chi connectivity index (χ3v) is 5.21. The normalized spacial score (nSPS) is 18.7. The van der Waals surface area contributed by atoms with Crippen LogP contribution in [0.15, 0.2) is 23.2 Å². The fraction of sp³-hybridized carbons (Fsp3) is 0.583. The number of pyridine rings is 1. The molecular weight excluding hydrogens is 359 g/mol. The van der Waals surface area contributed by atoms with Crippen LogP contribution in [0.5, 0.6) is 5.88 Å². The van der Waals surface area contributed by atoms with Crippen molar-refractivity contribution in [3.05, 3.63) is 18.3 Å². The summed E-state index contributed by atoms with van der Waals surface area (Å²) in [6.07, 6.45) is -2.77. The minimum atomic E-state index is -4.47. The molecule has 23 heavy (non-hydrogen) atoms. The van der Waals surface area contributed by atoms with Crippen LogP contribution in [0.4, 0.5) is 13.2 Å². The quantitative estimate of drug-likeness (QED) is 0.843. The molecule has 11 heteroatoms. The lowest BCUT2D eigenvalue weighted by Gasteiger charge is -2.23. The van der Waals surface area contributed by atoms with E-state index in [4.69, 9.17) is 0 Å². The molecule has 1 aromatic rings. The van der Waals surface area contributed by atoms with Crippen molar-refractivity contribution in [3.63, 3.8) is 0 Å². The first-order valence-corrected chi connectivity index (χ1v) is 7.98. The summed E-state index contributed by atoms with van der Waals surface area (Å²) >= 11 is 0. The van der Waals surface area contributed by atoms with Gasteiger partial charge in [-0.1, -0.05) is 0 Å². The number of ether oxygens (including phenoxy) is 1. The Morgan fingerprint density at radius 1 is 1.43 bits per heavy atom. The van der Waals surface area contributed by atoms with Crippen LogP contribution in [0.3, 0.4) is 0 Å². The van der Waals surface area contributed by atoms with Crippen LogP contribution in [0.1, 0.15) is 6.42 Å². The number of nitrogens with one attached hydrogen (secondary N) is 1. The highest BCUT2D eigenvalue weighted by Gasteiger charge is 2.31. The Labute approximate surface area is 138 Å². The summed E-state index contributed by atoms with van der Waals surface area (Å²) in [5, 5.41) is 3.07. The predicted octanol–water partition coefficient (Wildman–Crippen LogP) is 1.43. The maximum absolute atomic E-state index is 12.4. The summed E-state index contributed by atoms with van der Waals surface area (Å²) in [4.78, 5) is 3.53. The summed E-state index contributed by atoms with van der Waals surface area (Å²) in [7, 11) is -2.26. The van der Waals surface area contributed by atoms with Gasteiger partial charge in [0.15, 0.2) is 6.61 Å². The highest BCUT2D eigenvalue weighted by atomic mass is 35.5. The molecule has 1 fully saturated rings. The first kappa shape index (κ1) is 19.9. The SMILES string of the molecule is CN(C1CCNC1)S(=O)(=O)c1ccc(OCC(F)(F)F)nc1.Cl. The van der Waals surface area contributed by atoms with Gasteiger partial charge in [-0.05, 0) is 19.0 Å². The molecular formula is C12H17ClF3N3O3S. The lowest BCUT2D eigenvalue weighted by molar-refractivity contribution is -0.154. The van der Waals surface area contributed by atoms with Crippen LogP contribution < -0.4 is 10.1 Å². The third-order valence-electron chi connectivity index (χ3n) is 3.32. The molecule has 1 aliphatic heterocycles. The zero-order valence-electron chi connectivity index (χ0n) is 12.2. The van der Waals surface area contributed by atoms with E-state index in [0.717, 1.165) is 18.8 Å². The van der Waals surface area contributed by atoms with Gasteiger partial charge in [0.2, 0.25) is 15.9 Å². The van der Waals surface area contributed by atoms with Crippen molar-refractivity contribution in [1.82, 2.24) is 14.6 Å². The molecule has 0 saturated carbocycles. The Morgan fingerprint density at radius 3 is 2.61 bits per heavy atom.